The molecule has 1 rings (SSSR count). The minimum atomic E-state index is 0.0695. The fraction of sp³-hybridized carbons (Fsp3) is 0.909. The van der Waals surface area contributed by atoms with Gasteiger partial charge < -0.3 is 15.5 Å². The molecule has 4 nitrogen and oxygen atoms in total. The highest BCUT2D eigenvalue weighted by Crippen LogP contribution is 2.15. The Morgan fingerprint density at radius 3 is 2.60 bits per heavy atom. The van der Waals surface area contributed by atoms with Crippen LogP contribution < -0.4 is 10.6 Å². The Balaban J connectivity index is 2.06. The zero-order valence-corrected chi connectivity index (χ0v) is 9.88. The first-order chi connectivity index (χ1) is 7.22. The third-order valence-electron chi connectivity index (χ3n) is 3.00. The third kappa shape index (κ3) is 5.14. The summed E-state index contributed by atoms with van der Waals surface area (Å²) in [6.45, 7) is 6.83. The molecule has 0 saturated carbocycles. The zero-order valence-electron chi connectivity index (χ0n) is 9.88. The number of nitrogens with zero attached hydrogens (tertiary/aromatic N) is 1. The number of carbonyl (C=O) groups excluding carboxylic acids is 1. The number of hydrogen-bond donors (Lipinski definition) is 2. The van der Waals surface area contributed by atoms with Crippen molar-refractivity contribution in [2.45, 2.75) is 19.8 Å². The van der Waals surface area contributed by atoms with E-state index in [9.17, 15) is 4.79 Å². The first kappa shape index (κ1) is 12.5. The van der Waals surface area contributed by atoms with Gasteiger partial charge in [0.05, 0.1) is 0 Å². The highest BCUT2D eigenvalue weighted by molar-refractivity contribution is 5.72. The van der Waals surface area contributed by atoms with Gasteiger partial charge in [-0.15, -0.1) is 0 Å². The molecular formula is C11H23N3O. The number of nitrogens with one attached hydrogen (secondary N) is 2. The summed E-state index contributed by atoms with van der Waals surface area (Å²) in [6.07, 6.45) is 2.56. The van der Waals surface area contributed by atoms with E-state index in [0.29, 0.717) is 0 Å². The van der Waals surface area contributed by atoms with Crippen molar-refractivity contribution in [3.63, 3.8) is 0 Å². The number of carbonyl (C=O) groups is 1. The molecule has 0 radical (unpaired) electrons. The van der Waals surface area contributed by atoms with E-state index in [0.717, 1.165) is 25.6 Å². The van der Waals surface area contributed by atoms with Crippen molar-refractivity contribution in [3.05, 3.63) is 0 Å². The molecule has 0 aromatic heterocycles. The monoisotopic (exact) mass is 213 g/mol. The second kappa shape index (κ2) is 6.80. The molecule has 0 aromatic rings. The Labute approximate surface area is 92.4 Å². The maximum Gasteiger partial charge on any atom is 0.216 e. The van der Waals surface area contributed by atoms with E-state index < -0.39 is 0 Å². The molecule has 0 spiro atoms. The predicted octanol–water partition coefficient (Wildman–Crippen LogP) is 0.0539. The Morgan fingerprint density at radius 1 is 1.40 bits per heavy atom. The van der Waals surface area contributed by atoms with Crippen LogP contribution in [0.3, 0.4) is 0 Å². The van der Waals surface area contributed by atoms with Gasteiger partial charge in [-0.25, -0.2) is 0 Å². The molecule has 1 aliphatic heterocycles. The largest absolute Gasteiger partial charge is 0.355 e. The first-order valence-corrected chi connectivity index (χ1v) is 5.83. The van der Waals surface area contributed by atoms with Crippen LogP contribution in [-0.2, 0) is 4.79 Å². The van der Waals surface area contributed by atoms with E-state index in [1.165, 1.54) is 25.9 Å². The van der Waals surface area contributed by atoms with Gasteiger partial charge in [0.15, 0.2) is 0 Å². The van der Waals surface area contributed by atoms with Gasteiger partial charge in [0.1, 0.15) is 0 Å². The molecule has 1 heterocycles. The fourth-order valence-corrected chi connectivity index (χ4v) is 2.09. The molecule has 0 atom stereocenters. The number of rotatable bonds is 5. The first-order valence-electron chi connectivity index (χ1n) is 5.83. The average Bonchev–Trinajstić information content (AvgIpc) is 2.20. The van der Waals surface area contributed by atoms with Crippen LogP contribution in [0.15, 0.2) is 0 Å². The lowest BCUT2D eigenvalue weighted by Gasteiger charge is -2.31. The van der Waals surface area contributed by atoms with E-state index in [2.05, 4.69) is 15.5 Å². The summed E-state index contributed by atoms with van der Waals surface area (Å²) in [5.74, 6) is 0.909. The van der Waals surface area contributed by atoms with Crippen LogP contribution in [0.1, 0.15) is 19.8 Å². The second-order valence-corrected chi connectivity index (χ2v) is 4.33. The van der Waals surface area contributed by atoms with Gasteiger partial charge in [-0.1, -0.05) is 0 Å². The highest BCUT2D eigenvalue weighted by Gasteiger charge is 2.17. The summed E-state index contributed by atoms with van der Waals surface area (Å²) >= 11 is 0. The third-order valence-corrected chi connectivity index (χ3v) is 3.00. The molecule has 88 valence electrons. The van der Waals surface area contributed by atoms with Crippen molar-refractivity contribution in [2.75, 3.05) is 39.8 Å². The van der Waals surface area contributed by atoms with Gasteiger partial charge in [-0.3, -0.25) is 4.79 Å². The lowest BCUT2D eigenvalue weighted by molar-refractivity contribution is -0.119. The fourth-order valence-electron chi connectivity index (χ4n) is 2.09. The minimum absolute atomic E-state index is 0.0695. The molecular weight excluding hydrogens is 190 g/mol. The second-order valence-electron chi connectivity index (χ2n) is 4.33. The number of piperidine rings is 1. The summed E-state index contributed by atoms with van der Waals surface area (Å²) in [4.78, 5) is 13.1. The lowest BCUT2D eigenvalue weighted by Crippen LogP contribution is -2.40. The van der Waals surface area contributed by atoms with Gasteiger partial charge in [-0.2, -0.15) is 0 Å². The van der Waals surface area contributed by atoms with Gasteiger partial charge >= 0.3 is 0 Å². The van der Waals surface area contributed by atoms with Gasteiger partial charge in [-0.05, 0) is 45.4 Å². The van der Waals surface area contributed by atoms with Crippen molar-refractivity contribution < 1.29 is 4.79 Å². The van der Waals surface area contributed by atoms with E-state index in [1.54, 1.807) is 6.92 Å². The van der Waals surface area contributed by atoms with Crippen LogP contribution in [-0.4, -0.2) is 50.6 Å². The molecule has 1 fully saturated rings. The van der Waals surface area contributed by atoms with Crippen molar-refractivity contribution in [1.29, 1.82) is 0 Å². The summed E-state index contributed by atoms with van der Waals surface area (Å²) in [5.41, 5.74) is 0. The normalized spacial score (nSPS) is 19.1. The summed E-state index contributed by atoms with van der Waals surface area (Å²) < 4.78 is 0. The topological polar surface area (TPSA) is 44.4 Å². The van der Waals surface area contributed by atoms with E-state index in [1.807, 2.05) is 7.05 Å². The van der Waals surface area contributed by atoms with Crippen molar-refractivity contribution in [3.8, 4) is 0 Å². The maximum atomic E-state index is 10.7. The van der Waals surface area contributed by atoms with Crippen molar-refractivity contribution in [2.24, 2.45) is 5.92 Å². The zero-order chi connectivity index (χ0) is 11.1. The lowest BCUT2D eigenvalue weighted by atomic mass is 9.97. The molecule has 0 bridgehead atoms. The smallest absolute Gasteiger partial charge is 0.216 e. The standard InChI is InChI=1S/C11H23N3O/c1-10(15)13-5-8-14-6-3-11(4-7-14)9-12-2/h11-12H,3-9H2,1-2H3,(H,13,15). The van der Waals surface area contributed by atoms with Crippen LogP contribution in [0, 0.1) is 5.92 Å². The SMILES string of the molecule is CNCC1CCN(CCNC(C)=O)CC1. The van der Waals surface area contributed by atoms with Crippen LogP contribution in [0.5, 0.6) is 0 Å². The van der Waals surface area contributed by atoms with Crippen LogP contribution in [0.25, 0.3) is 0 Å². The van der Waals surface area contributed by atoms with Crippen molar-refractivity contribution in [1.82, 2.24) is 15.5 Å². The van der Waals surface area contributed by atoms with Gasteiger partial charge in [0.25, 0.3) is 0 Å². The summed E-state index contributed by atoms with van der Waals surface area (Å²) in [7, 11) is 2.02. The quantitative estimate of drug-likeness (QED) is 0.678. The molecule has 1 saturated heterocycles. The van der Waals surface area contributed by atoms with Crippen LogP contribution >= 0.6 is 0 Å². The van der Waals surface area contributed by atoms with E-state index in [-0.39, 0.29) is 5.91 Å². The minimum Gasteiger partial charge on any atom is -0.355 e. The Hall–Kier alpha value is -0.610. The molecule has 0 aliphatic carbocycles. The summed E-state index contributed by atoms with van der Waals surface area (Å²) in [5, 5.41) is 6.07. The van der Waals surface area contributed by atoms with E-state index >= 15 is 0 Å². The molecule has 0 unspecified atom stereocenters. The van der Waals surface area contributed by atoms with E-state index in [4.69, 9.17) is 0 Å². The maximum absolute atomic E-state index is 10.7. The molecule has 1 aliphatic rings. The average molecular weight is 213 g/mol. The van der Waals surface area contributed by atoms with Crippen molar-refractivity contribution >= 4 is 5.91 Å². The van der Waals surface area contributed by atoms with Gasteiger partial charge in [0, 0.05) is 20.0 Å². The van der Waals surface area contributed by atoms with Crippen LogP contribution in [0.2, 0.25) is 0 Å². The molecule has 15 heavy (non-hydrogen) atoms. The Kier molecular flexibility index (Phi) is 5.65. The Bertz CT molecular complexity index is 188. The van der Waals surface area contributed by atoms with Gasteiger partial charge in [0.2, 0.25) is 5.91 Å². The molecule has 0 aromatic carbocycles. The molecule has 4 heteroatoms. The molecule has 2 N–H and O–H groups in total. The highest BCUT2D eigenvalue weighted by atomic mass is 16.1. The Morgan fingerprint density at radius 2 is 2.07 bits per heavy atom. The molecule has 1 amide bonds. The predicted molar refractivity (Wildman–Crippen MR) is 61.8 cm³/mol. The number of amides is 1. The number of hydrogen-bond acceptors (Lipinski definition) is 3. The van der Waals surface area contributed by atoms with Crippen LogP contribution in [0.4, 0.5) is 0 Å². The number of likely N-dealkylation sites (tertiary alicyclic amines) is 1. The summed E-state index contributed by atoms with van der Waals surface area (Å²) in [6, 6.07) is 0.